The second kappa shape index (κ2) is 13.1. The summed E-state index contributed by atoms with van der Waals surface area (Å²) in [5.41, 5.74) is 2.14. The molecule has 0 radical (unpaired) electrons. The quantitative estimate of drug-likeness (QED) is 0.323. The van der Waals surface area contributed by atoms with Gasteiger partial charge in [0.1, 0.15) is 5.82 Å². The number of hydrogen-bond acceptors (Lipinski definition) is 3. The number of aliphatic imine (C=N–C) groups is 1. The third kappa shape index (κ3) is 8.01. The number of anilines is 1. The highest BCUT2D eigenvalue weighted by atomic mass is 127. The number of hydrogen-bond donors (Lipinski definition) is 2. The Morgan fingerprint density at radius 3 is 2.32 bits per heavy atom. The summed E-state index contributed by atoms with van der Waals surface area (Å²) < 4.78 is 13.1. The summed E-state index contributed by atoms with van der Waals surface area (Å²) in [7, 11) is 0. The van der Waals surface area contributed by atoms with Crippen LogP contribution in [0.3, 0.4) is 0 Å². The van der Waals surface area contributed by atoms with Gasteiger partial charge in [-0.3, -0.25) is 4.79 Å². The van der Waals surface area contributed by atoms with Gasteiger partial charge in [-0.15, -0.1) is 24.0 Å². The molecule has 1 saturated heterocycles. The zero-order valence-corrected chi connectivity index (χ0v) is 20.2. The molecule has 8 heteroatoms. The van der Waals surface area contributed by atoms with Crippen molar-refractivity contribution in [1.82, 2.24) is 15.5 Å². The van der Waals surface area contributed by atoms with Crippen molar-refractivity contribution in [1.29, 1.82) is 0 Å². The lowest BCUT2D eigenvalue weighted by Crippen LogP contribution is -2.49. The zero-order chi connectivity index (χ0) is 21.2. The fraction of sp³-hybridized carbons (Fsp3) is 0.391. The van der Waals surface area contributed by atoms with E-state index in [0.717, 1.165) is 36.8 Å². The van der Waals surface area contributed by atoms with E-state index in [1.165, 1.54) is 12.1 Å². The molecule has 2 aromatic rings. The van der Waals surface area contributed by atoms with Crippen LogP contribution in [0, 0.1) is 5.82 Å². The Labute approximate surface area is 200 Å². The summed E-state index contributed by atoms with van der Waals surface area (Å²) in [6.45, 7) is 6.78. The number of nitrogens with zero attached hydrogens (tertiary/aromatic N) is 3. The third-order valence-electron chi connectivity index (χ3n) is 5.06. The maximum absolute atomic E-state index is 13.1. The first kappa shape index (κ1) is 24.9. The smallest absolute Gasteiger partial charge is 0.224 e. The second-order valence-corrected chi connectivity index (χ2v) is 7.20. The zero-order valence-electron chi connectivity index (χ0n) is 17.9. The van der Waals surface area contributed by atoms with Gasteiger partial charge in [-0.05, 0) is 36.8 Å². The van der Waals surface area contributed by atoms with Crippen LogP contribution in [0.4, 0.5) is 10.1 Å². The van der Waals surface area contributed by atoms with Gasteiger partial charge in [-0.1, -0.05) is 30.3 Å². The highest BCUT2D eigenvalue weighted by Gasteiger charge is 2.21. The molecule has 168 valence electrons. The topological polar surface area (TPSA) is 60.0 Å². The summed E-state index contributed by atoms with van der Waals surface area (Å²) in [6.07, 6.45) is 0.423. The van der Waals surface area contributed by atoms with E-state index in [0.29, 0.717) is 32.6 Å². The average Bonchev–Trinajstić information content (AvgIpc) is 2.79. The van der Waals surface area contributed by atoms with Crippen LogP contribution in [0.5, 0.6) is 0 Å². The fourth-order valence-electron chi connectivity index (χ4n) is 3.41. The summed E-state index contributed by atoms with van der Waals surface area (Å²) in [5.74, 6) is 0.625. The van der Waals surface area contributed by atoms with Crippen molar-refractivity contribution >= 4 is 41.5 Å². The molecule has 3 rings (SSSR count). The molecular formula is C23H31FIN5O. The van der Waals surface area contributed by atoms with E-state index in [2.05, 4.69) is 20.5 Å². The molecule has 0 bridgehead atoms. The molecule has 0 atom stereocenters. The molecule has 1 aliphatic rings. The Balaban J connectivity index is 0.00000341. The van der Waals surface area contributed by atoms with Crippen molar-refractivity contribution in [3.63, 3.8) is 0 Å². The van der Waals surface area contributed by atoms with Crippen molar-refractivity contribution in [3.05, 3.63) is 66.0 Å². The highest BCUT2D eigenvalue weighted by Crippen LogP contribution is 2.17. The van der Waals surface area contributed by atoms with Gasteiger partial charge >= 0.3 is 0 Å². The lowest BCUT2D eigenvalue weighted by atomic mass is 10.2. The monoisotopic (exact) mass is 539 g/mol. The first-order valence-electron chi connectivity index (χ1n) is 10.5. The summed E-state index contributed by atoms with van der Waals surface area (Å²) in [4.78, 5) is 21.2. The first-order valence-corrected chi connectivity index (χ1v) is 10.5. The van der Waals surface area contributed by atoms with E-state index in [1.54, 1.807) is 12.1 Å². The van der Waals surface area contributed by atoms with Gasteiger partial charge in [0.05, 0.1) is 6.54 Å². The Kier molecular flexibility index (Phi) is 10.6. The summed E-state index contributed by atoms with van der Waals surface area (Å²) in [6, 6.07) is 16.6. The number of rotatable bonds is 7. The third-order valence-corrected chi connectivity index (χ3v) is 5.06. The van der Waals surface area contributed by atoms with E-state index in [1.807, 2.05) is 42.2 Å². The van der Waals surface area contributed by atoms with Gasteiger partial charge in [-0.2, -0.15) is 0 Å². The maximum Gasteiger partial charge on any atom is 0.224 e. The van der Waals surface area contributed by atoms with Gasteiger partial charge in [0.15, 0.2) is 5.96 Å². The van der Waals surface area contributed by atoms with Crippen LogP contribution < -0.4 is 15.5 Å². The van der Waals surface area contributed by atoms with Crippen LogP contribution in [-0.4, -0.2) is 56.0 Å². The van der Waals surface area contributed by atoms with E-state index in [9.17, 15) is 9.18 Å². The van der Waals surface area contributed by atoms with E-state index >= 15 is 0 Å². The molecule has 0 spiro atoms. The van der Waals surface area contributed by atoms with Crippen molar-refractivity contribution in [3.8, 4) is 0 Å². The van der Waals surface area contributed by atoms with Gasteiger partial charge in [0.25, 0.3) is 0 Å². The van der Waals surface area contributed by atoms with E-state index < -0.39 is 0 Å². The van der Waals surface area contributed by atoms with Crippen molar-refractivity contribution in [2.45, 2.75) is 19.9 Å². The second-order valence-electron chi connectivity index (χ2n) is 7.20. The number of amides is 1. The molecule has 1 heterocycles. The van der Waals surface area contributed by atoms with Gasteiger partial charge in [-0.25, -0.2) is 9.38 Å². The SMILES string of the molecule is CCNC(=NCc1ccccc1)NCCC(=O)N1CCN(c2ccc(F)cc2)CC1.I. The van der Waals surface area contributed by atoms with Crippen molar-refractivity contribution < 1.29 is 9.18 Å². The van der Waals surface area contributed by atoms with E-state index in [4.69, 9.17) is 0 Å². The molecule has 1 aliphatic heterocycles. The van der Waals surface area contributed by atoms with Gasteiger partial charge in [0.2, 0.25) is 5.91 Å². The Bertz CT molecular complexity index is 824. The summed E-state index contributed by atoms with van der Waals surface area (Å²) in [5, 5.41) is 6.46. The minimum atomic E-state index is -0.232. The number of nitrogens with one attached hydrogen (secondary N) is 2. The lowest BCUT2D eigenvalue weighted by molar-refractivity contribution is -0.131. The van der Waals surface area contributed by atoms with E-state index in [-0.39, 0.29) is 35.7 Å². The van der Waals surface area contributed by atoms with Crippen molar-refractivity contribution in [2.75, 3.05) is 44.2 Å². The molecule has 6 nitrogen and oxygen atoms in total. The molecule has 0 saturated carbocycles. The van der Waals surface area contributed by atoms with Gasteiger partial charge < -0.3 is 20.4 Å². The highest BCUT2D eigenvalue weighted by molar-refractivity contribution is 14.0. The van der Waals surface area contributed by atoms with Crippen LogP contribution in [-0.2, 0) is 11.3 Å². The standard InChI is InChI=1S/C23H30FN5O.HI/c1-2-25-23(27-18-19-6-4-3-5-7-19)26-13-12-22(30)29-16-14-28(15-17-29)21-10-8-20(24)9-11-21;/h3-11H,2,12-18H2,1H3,(H2,25,26,27);1H. The molecule has 2 aromatic carbocycles. The predicted molar refractivity (Wildman–Crippen MR) is 134 cm³/mol. The lowest BCUT2D eigenvalue weighted by Gasteiger charge is -2.36. The molecular weight excluding hydrogens is 508 g/mol. The molecule has 0 unspecified atom stereocenters. The van der Waals surface area contributed by atoms with Crippen LogP contribution in [0.1, 0.15) is 18.9 Å². The van der Waals surface area contributed by atoms with Crippen LogP contribution >= 0.6 is 24.0 Å². The largest absolute Gasteiger partial charge is 0.368 e. The van der Waals surface area contributed by atoms with Crippen molar-refractivity contribution in [2.24, 2.45) is 4.99 Å². The Hall–Kier alpha value is -2.36. The maximum atomic E-state index is 13.1. The Morgan fingerprint density at radius 2 is 1.68 bits per heavy atom. The number of guanidine groups is 1. The van der Waals surface area contributed by atoms with Crippen LogP contribution in [0.25, 0.3) is 0 Å². The number of halogens is 2. The minimum Gasteiger partial charge on any atom is -0.368 e. The number of piperazine rings is 1. The molecule has 1 amide bonds. The average molecular weight is 539 g/mol. The fourth-order valence-corrected chi connectivity index (χ4v) is 3.41. The number of benzene rings is 2. The number of carbonyl (C=O) groups is 1. The molecule has 2 N–H and O–H groups in total. The Morgan fingerprint density at radius 1 is 1.00 bits per heavy atom. The molecule has 31 heavy (non-hydrogen) atoms. The van der Waals surface area contributed by atoms with Gasteiger partial charge in [0, 0.05) is 51.4 Å². The molecule has 1 fully saturated rings. The molecule has 0 aromatic heterocycles. The number of carbonyl (C=O) groups excluding carboxylic acids is 1. The van der Waals surface area contributed by atoms with Crippen LogP contribution in [0.15, 0.2) is 59.6 Å². The molecule has 0 aliphatic carbocycles. The minimum absolute atomic E-state index is 0. The predicted octanol–water partition coefficient (Wildman–Crippen LogP) is 3.24. The normalized spacial score (nSPS) is 14.1. The summed E-state index contributed by atoms with van der Waals surface area (Å²) >= 11 is 0. The van der Waals surface area contributed by atoms with Crippen LogP contribution in [0.2, 0.25) is 0 Å². The first-order chi connectivity index (χ1) is 14.7.